The molecule has 7 heteroatoms. The van der Waals surface area contributed by atoms with Gasteiger partial charge in [-0.2, -0.15) is 5.10 Å². The summed E-state index contributed by atoms with van der Waals surface area (Å²) in [5.41, 5.74) is 3.83. The lowest BCUT2D eigenvalue weighted by atomic mass is 10.1. The lowest BCUT2D eigenvalue weighted by molar-refractivity contribution is 0.0740. The lowest BCUT2D eigenvalue weighted by Gasteiger charge is -2.36. The molecule has 1 fully saturated rings. The van der Waals surface area contributed by atoms with Crippen molar-refractivity contribution < 1.29 is 14.3 Å². The van der Waals surface area contributed by atoms with E-state index in [9.17, 15) is 9.59 Å². The van der Waals surface area contributed by atoms with Crippen LogP contribution in [0, 0.1) is 0 Å². The quantitative estimate of drug-likeness (QED) is 0.409. The monoisotopic (exact) mass is 446 g/mol. The fraction of sp³-hybridized carbons (Fsp3) is 0.346. The van der Waals surface area contributed by atoms with Crippen molar-refractivity contribution in [3.05, 3.63) is 65.9 Å². The van der Waals surface area contributed by atoms with Gasteiger partial charge in [-0.15, -0.1) is 0 Å². The molecule has 33 heavy (non-hydrogen) atoms. The van der Waals surface area contributed by atoms with Gasteiger partial charge in [-0.25, -0.2) is 0 Å². The minimum Gasteiger partial charge on any atom is -0.493 e. The molecule has 1 amide bonds. The minimum atomic E-state index is -0.0512. The summed E-state index contributed by atoms with van der Waals surface area (Å²) in [6.07, 6.45) is 2.06. The highest BCUT2D eigenvalue weighted by atomic mass is 16.5. The van der Waals surface area contributed by atoms with Gasteiger partial charge in [0.15, 0.2) is 5.78 Å². The second kappa shape index (κ2) is 10.3. The first-order valence-corrected chi connectivity index (χ1v) is 11.5. The highest BCUT2D eigenvalue weighted by Crippen LogP contribution is 2.29. The van der Waals surface area contributed by atoms with Crippen molar-refractivity contribution in [1.29, 1.82) is 0 Å². The van der Waals surface area contributed by atoms with Gasteiger partial charge in [0, 0.05) is 43.0 Å². The van der Waals surface area contributed by atoms with Crippen LogP contribution in [0.2, 0.25) is 0 Å². The molecule has 7 nitrogen and oxygen atoms in total. The van der Waals surface area contributed by atoms with Crippen molar-refractivity contribution in [3.8, 4) is 17.0 Å². The molecule has 0 atom stereocenters. The highest BCUT2D eigenvalue weighted by Gasteiger charge is 2.24. The molecule has 0 saturated carbocycles. The number of ether oxygens (including phenoxy) is 1. The molecule has 4 rings (SSSR count). The van der Waals surface area contributed by atoms with Gasteiger partial charge in [-0.1, -0.05) is 25.5 Å². The van der Waals surface area contributed by atoms with E-state index in [1.807, 2.05) is 53.4 Å². The van der Waals surface area contributed by atoms with Crippen LogP contribution in [0.5, 0.6) is 5.75 Å². The number of anilines is 1. The fourth-order valence-corrected chi connectivity index (χ4v) is 3.94. The Morgan fingerprint density at radius 3 is 2.45 bits per heavy atom. The number of ketones is 1. The van der Waals surface area contributed by atoms with E-state index in [0.717, 1.165) is 42.9 Å². The van der Waals surface area contributed by atoms with Crippen LogP contribution in [0.15, 0.2) is 54.6 Å². The van der Waals surface area contributed by atoms with E-state index in [-0.39, 0.29) is 11.7 Å². The van der Waals surface area contributed by atoms with Crippen LogP contribution in [0.1, 0.15) is 47.5 Å². The molecular formula is C26H30N4O3. The highest BCUT2D eigenvalue weighted by molar-refractivity contribution is 5.94. The zero-order chi connectivity index (χ0) is 23.2. The van der Waals surface area contributed by atoms with E-state index in [4.69, 9.17) is 4.74 Å². The molecule has 0 aliphatic carbocycles. The SMILES string of the molecule is CCCCOc1ccccc1-c1cc(C(=O)N2CCN(c3ccc(C(C)=O)cc3)CC2)[nH]n1. The smallest absolute Gasteiger partial charge is 0.272 e. The topological polar surface area (TPSA) is 78.5 Å². The first-order valence-electron chi connectivity index (χ1n) is 11.5. The molecule has 0 spiro atoms. The van der Waals surface area contributed by atoms with Gasteiger partial charge >= 0.3 is 0 Å². The van der Waals surface area contributed by atoms with Crippen molar-refractivity contribution in [1.82, 2.24) is 15.1 Å². The number of hydrogen-bond acceptors (Lipinski definition) is 5. The zero-order valence-corrected chi connectivity index (χ0v) is 19.2. The summed E-state index contributed by atoms with van der Waals surface area (Å²) in [5.74, 6) is 0.789. The molecule has 172 valence electrons. The molecule has 1 aliphatic rings. The maximum absolute atomic E-state index is 13.1. The summed E-state index contributed by atoms with van der Waals surface area (Å²) in [6, 6.07) is 17.2. The number of unbranched alkanes of at least 4 members (excludes halogenated alkanes) is 1. The van der Waals surface area contributed by atoms with Crippen molar-refractivity contribution in [2.75, 3.05) is 37.7 Å². The fourth-order valence-electron chi connectivity index (χ4n) is 3.94. The number of Topliss-reactive ketones (excluding diaryl/α,β-unsaturated/α-hetero) is 1. The number of aromatic amines is 1. The van der Waals surface area contributed by atoms with Crippen LogP contribution in [-0.2, 0) is 0 Å². The number of carbonyl (C=O) groups excluding carboxylic acids is 2. The van der Waals surface area contributed by atoms with Gasteiger partial charge in [0.05, 0.1) is 12.3 Å². The van der Waals surface area contributed by atoms with Crippen LogP contribution in [0.3, 0.4) is 0 Å². The number of hydrogen-bond donors (Lipinski definition) is 1. The number of aromatic nitrogens is 2. The van der Waals surface area contributed by atoms with Crippen LogP contribution in [0.25, 0.3) is 11.3 Å². The van der Waals surface area contributed by atoms with Gasteiger partial charge in [0.25, 0.3) is 5.91 Å². The molecule has 2 heterocycles. The number of benzene rings is 2. The maximum Gasteiger partial charge on any atom is 0.272 e. The van der Waals surface area contributed by atoms with Crippen molar-refractivity contribution in [2.45, 2.75) is 26.7 Å². The largest absolute Gasteiger partial charge is 0.493 e. The first-order chi connectivity index (χ1) is 16.1. The van der Waals surface area contributed by atoms with Gasteiger partial charge in [0.2, 0.25) is 0 Å². The Morgan fingerprint density at radius 1 is 1.03 bits per heavy atom. The number of nitrogens with zero attached hydrogens (tertiary/aromatic N) is 3. The molecule has 2 aromatic carbocycles. The first kappa shape index (κ1) is 22.6. The third-order valence-electron chi connectivity index (χ3n) is 5.93. The second-order valence-electron chi connectivity index (χ2n) is 8.25. The molecule has 0 bridgehead atoms. The number of para-hydroxylation sites is 1. The number of rotatable bonds is 8. The summed E-state index contributed by atoms with van der Waals surface area (Å²) >= 11 is 0. The number of nitrogens with one attached hydrogen (secondary N) is 1. The molecular weight excluding hydrogens is 416 g/mol. The number of H-pyrrole nitrogens is 1. The molecule has 0 radical (unpaired) electrons. The molecule has 3 aromatic rings. The molecule has 0 unspecified atom stereocenters. The normalized spacial score (nSPS) is 13.8. The average Bonchev–Trinajstić information content (AvgIpc) is 3.34. The molecule has 1 saturated heterocycles. The Labute approximate surface area is 194 Å². The third-order valence-corrected chi connectivity index (χ3v) is 5.93. The van der Waals surface area contributed by atoms with E-state index in [0.29, 0.717) is 36.6 Å². The van der Waals surface area contributed by atoms with Crippen molar-refractivity contribution in [2.24, 2.45) is 0 Å². The number of carbonyl (C=O) groups is 2. The van der Waals surface area contributed by atoms with E-state index in [2.05, 4.69) is 22.0 Å². The molecule has 1 N–H and O–H groups in total. The molecule has 1 aliphatic heterocycles. The average molecular weight is 447 g/mol. The summed E-state index contributed by atoms with van der Waals surface area (Å²) < 4.78 is 5.92. The zero-order valence-electron chi connectivity index (χ0n) is 19.2. The Balaban J connectivity index is 1.39. The summed E-state index contributed by atoms with van der Waals surface area (Å²) in [4.78, 5) is 28.6. The van der Waals surface area contributed by atoms with Crippen molar-refractivity contribution >= 4 is 17.4 Å². The standard InChI is InChI=1S/C26H30N4O3/c1-3-4-17-33-25-8-6-5-7-22(25)23-18-24(28-27-23)26(32)30-15-13-29(14-16-30)21-11-9-20(10-12-21)19(2)31/h5-12,18H,3-4,13-17H2,1-2H3,(H,27,28). The van der Waals surface area contributed by atoms with E-state index < -0.39 is 0 Å². The Bertz CT molecular complexity index is 1100. The van der Waals surface area contributed by atoms with E-state index in [1.165, 1.54) is 0 Å². The number of amides is 1. The third kappa shape index (κ3) is 5.25. The second-order valence-corrected chi connectivity index (χ2v) is 8.25. The lowest BCUT2D eigenvalue weighted by Crippen LogP contribution is -2.48. The van der Waals surface area contributed by atoms with Crippen LogP contribution < -0.4 is 9.64 Å². The van der Waals surface area contributed by atoms with Crippen LogP contribution >= 0.6 is 0 Å². The Morgan fingerprint density at radius 2 is 1.76 bits per heavy atom. The Kier molecular flexibility index (Phi) is 7.07. The van der Waals surface area contributed by atoms with Gasteiger partial charge in [-0.3, -0.25) is 14.7 Å². The van der Waals surface area contributed by atoms with E-state index in [1.54, 1.807) is 13.0 Å². The predicted molar refractivity (Wildman–Crippen MR) is 129 cm³/mol. The molecule has 1 aromatic heterocycles. The summed E-state index contributed by atoms with van der Waals surface area (Å²) in [6.45, 7) is 7.08. The predicted octanol–water partition coefficient (Wildman–Crippen LogP) is 4.42. The minimum absolute atomic E-state index is 0.0512. The Hall–Kier alpha value is -3.61. The van der Waals surface area contributed by atoms with Gasteiger partial charge in [-0.05, 0) is 55.8 Å². The van der Waals surface area contributed by atoms with Crippen LogP contribution in [0.4, 0.5) is 5.69 Å². The summed E-state index contributed by atoms with van der Waals surface area (Å²) in [5, 5.41) is 7.30. The van der Waals surface area contributed by atoms with Gasteiger partial charge in [0.1, 0.15) is 11.4 Å². The summed E-state index contributed by atoms with van der Waals surface area (Å²) in [7, 11) is 0. The number of piperazine rings is 1. The van der Waals surface area contributed by atoms with Crippen molar-refractivity contribution in [3.63, 3.8) is 0 Å². The van der Waals surface area contributed by atoms with Gasteiger partial charge < -0.3 is 14.5 Å². The van der Waals surface area contributed by atoms with Crippen LogP contribution in [-0.4, -0.2) is 59.6 Å². The van der Waals surface area contributed by atoms with E-state index >= 15 is 0 Å². The maximum atomic E-state index is 13.1.